The molecule has 0 unspecified atom stereocenters. The molecular weight excluding hydrogens is 461 g/mol. The molecule has 2 aromatic rings. The van der Waals surface area contributed by atoms with Crippen molar-refractivity contribution in [2.75, 3.05) is 45.5 Å². The van der Waals surface area contributed by atoms with Crippen LogP contribution in [-0.4, -0.2) is 63.4 Å². The van der Waals surface area contributed by atoms with Crippen LogP contribution in [-0.2, 0) is 15.1 Å². The van der Waals surface area contributed by atoms with Gasteiger partial charge in [0.15, 0.2) is 0 Å². The SMILES string of the molecule is COc1cc(C(=O)N2CC[C@]3(c4cccc(F)c4)OCO[C@@H]3C2)ccc1N(C)CC1CC(F)(F)C1. The summed E-state index contributed by atoms with van der Waals surface area (Å²) in [6, 6.07) is 11.5. The van der Waals surface area contributed by atoms with E-state index in [-0.39, 0.29) is 37.3 Å². The maximum Gasteiger partial charge on any atom is 0.254 e. The summed E-state index contributed by atoms with van der Waals surface area (Å²) in [6.07, 6.45) is -0.128. The van der Waals surface area contributed by atoms with E-state index in [0.29, 0.717) is 42.9 Å². The van der Waals surface area contributed by atoms with Gasteiger partial charge in [-0.15, -0.1) is 0 Å². The highest BCUT2D eigenvalue weighted by molar-refractivity contribution is 5.95. The van der Waals surface area contributed by atoms with Crippen molar-refractivity contribution in [2.24, 2.45) is 5.92 Å². The van der Waals surface area contributed by atoms with Gasteiger partial charge in [-0.3, -0.25) is 4.79 Å². The number of carbonyl (C=O) groups excluding carboxylic acids is 1. The Hall–Kier alpha value is -2.78. The normalized spacial score (nSPS) is 25.6. The minimum atomic E-state index is -2.55. The van der Waals surface area contributed by atoms with E-state index in [9.17, 15) is 18.0 Å². The first-order valence-corrected chi connectivity index (χ1v) is 11.8. The number of methoxy groups -OCH3 is 1. The van der Waals surface area contributed by atoms with Gasteiger partial charge < -0.3 is 24.0 Å². The van der Waals surface area contributed by atoms with E-state index in [4.69, 9.17) is 14.2 Å². The van der Waals surface area contributed by atoms with Gasteiger partial charge in [0.25, 0.3) is 5.91 Å². The van der Waals surface area contributed by atoms with E-state index in [1.165, 1.54) is 19.2 Å². The number of anilines is 1. The smallest absolute Gasteiger partial charge is 0.254 e. The summed E-state index contributed by atoms with van der Waals surface area (Å²) in [6.45, 7) is 1.32. The lowest BCUT2D eigenvalue weighted by atomic mass is 9.81. The number of carbonyl (C=O) groups is 1. The summed E-state index contributed by atoms with van der Waals surface area (Å²) in [5.74, 6) is -2.62. The molecule has 2 aromatic carbocycles. The van der Waals surface area contributed by atoms with Crippen LogP contribution < -0.4 is 9.64 Å². The monoisotopic (exact) mass is 490 g/mol. The van der Waals surface area contributed by atoms with Crippen LogP contribution in [0.1, 0.15) is 35.2 Å². The molecule has 3 aliphatic rings. The number of alkyl halides is 2. The zero-order valence-corrected chi connectivity index (χ0v) is 19.8. The van der Waals surface area contributed by atoms with Crippen LogP contribution in [0.5, 0.6) is 5.75 Å². The summed E-state index contributed by atoms with van der Waals surface area (Å²) >= 11 is 0. The first kappa shape index (κ1) is 23.9. The molecule has 0 radical (unpaired) electrons. The molecule has 0 spiro atoms. The van der Waals surface area contributed by atoms with E-state index < -0.39 is 17.6 Å². The summed E-state index contributed by atoms with van der Waals surface area (Å²) in [7, 11) is 3.36. The molecule has 1 aliphatic carbocycles. The van der Waals surface area contributed by atoms with Crippen LogP contribution in [0.15, 0.2) is 42.5 Å². The van der Waals surface area contributed by atoms with Crippen molar-refractivity contribution in [3.8, 4) is 5.75 Å². The largest absolute Gasteiger partial charge is 0.495 e. The summed E-state index contributed by atoms with van der Waals surface area (Å²) in [5.41, 5.74) is 1.15. The third kappa shape index (κ3) is 4.47. The van der Waals surface area contributed by atoms with Crippen molar-refractivity contribution in [3.63, 3.8) is 0 Å². The van der Waals surface area contributed by atoms with Crippen molar-refractivity contribution in [3.05, 3.63) is 59.4 Å². The van der Waals surface area contributed by atoms with Gasteiger partial charge >= 0.3 is 0 Å². The molecule has 2 aliphatic heterocycles. The molecule has 188 valence electrons. The number of fused-ring (bicyclic) bond motifs is 1. The third-order valence-corrected chi connectivity index (χ3v) is 7.39. The number of hydrogen-bond acceptors (Lipinski definition) is 5. The van der Waals surface area contributed by atoms with E-state index >= 15 is 0 Å². The lowest BCUT2D eigenvalue weighted by molar-refractivity contribution is -0.107. The van der Waals surface area contributed by atoms with E-state index in [0.717, 1.165) is 5.69 Å². The van der Waals surface area contributed by atoms with Gasteiger partial charge in [0.2, 0.25) is 5.92 Å². The predicted molar refractivity (Wildman–Crippen MR) is 123 cm³/mol. The fourth-order valence-corrected chi connectivity index (χ4v) is 5.53. The molecule has 0 N–H and O–H groups in total. The van der Waals surface area contributed by atoms with Gasteiger partial charge in [-0.2, -0.15) is 0 Å². The van der Waals surface area contributed by atoms with Crippen LogP contribution in [0.4, 0.5) is 18.9 Å². The highest BCUT2D eigenvalue weighted by Crippen LogP contribution is 2.44. The van der Waals surface area contributed by atoms with Gasteiger partial charge in [0.1, 0.15) is 30.1 Å². The standard InChI is InChI=1S/C26H29F3N2O4/c1-30(14-17-12-25(28,29)13-17)21-7-6-18(10-22(21)33-2)24(32)31-9-8-26(23(15-31)34-16-35-26)19-4-3-5-20(27)11-19/h3-7,10-11,17,23H,8-9,12-16H2,1-2H3/t23-,26-/m1/s1. The highest BCUT2D eigenvalue weighted by atomic mass is 19.3. The number of halogens is 3. The summed E-state index contributed by atoms with van der Waals surface area (Å²) in [5, 5.41) is 0. The molecule has 1 saturated carbocycles. The van der Waals surface area contributed by atoms with E-state index in [1.54, 1.807) is 29.2 Å². The average molecular weight is 491 g/mol. The van der Waals surface area contributed by atoms with Gasteiger partial charge in [0.05, 0.1) is 19.3 Å². The van der Waals surface area contributed by atoms with Crippen molar-refractivity contribution in [1.82, 2.24) is 4.90 Å². The molecule has 35 heavy (non-hydrogen) atoms. The summed E-state index contributed by atoms with van der Waals surface area (Å²) < 4.78 is 57.6. The lowest BCUT2D eigenvalue weighted by Crippen LogP contribution is -2.53. The van der Waals surface area contributed by atoms with Gasteiger partial charge in [0, 0.05) is 45.0 Å². The molecule has 9 heteroatoms. The molecule has 3 fully saturated rings. The topological polar surface area (TPSA) is 51.2 Å². The zero-order valence-electron chi connectivity index (χ0n) is 19.8. The maximum atomic E-state index is 13.9. The van der Waals surface area contributed by atoms with Gasteiger partial charge in [-0.1, -0.05) is 12.1 Å². The second-order valence-electron chi connectivity index (χ2n) is 9.72. The van der Waals surface area contributed by atoms with Crippen molar-refractivity contribution >= 4 is 11.6 Å². The Morgan fingerprint density at radius 3 is 2.74 bits per heavy atom. The van der Waals surface area contributed by atoms with Gasteiger partial charge in [-0.05, 0) is 41.8 Å². The molecule has 1 amide bonds. The van der Waals surface area contributed by atoms with Crippen molar-refractivity contribution in [2.45, 2.75) is 36.9 Å². The molecule has 2 heterocycles. The molecule has 0 bridgehead atoms. The Kier molecular flexibility index (Phi) is 6.17. The van der Waals surface area contributed by atoms with Crippen LogP contribution in [0, 0.1) is 11.7 Å². The predicted octanol–water partition coefficient (Wildman–Crippen LogP) is 4.43. The zero-order chi connectivity index (χ0) is 24.8. The van der Waals surface area contributed by atoms with E-state index in [2.05, 4.69) is 0 Å². The molecule has 2 saturated heterocycles. The number of piperidine rings is 1. The first-order chi connectivity index (χ1) is 16.7. The molecular formula is C26H29F3N2O4. The van der Waals surface area contributed by atoms with Crippen molar-refractivity contribution < 1.29 is 32.2 Å². The maximum absolute atomic E-state index is 13.9. The number of ether oxygens (including phenoxy) is 3. The first-order valence-electron chi connectivity index (χ1n) is 11.8. The quantitative estimate of drug-likeness (QED) is 0.600. The average Bonchev–Trinajstić information content (AvgIpc) is 3.26. The fraction of sp³-hybridized carbons (Fsp3) is 0.500. The summed E-state index contributed by atoms with van der Waals surface area (Å²) in [4.78, 5) is 17.0. The van der Waals surface area contributed by atoms with Crippen LogP contribution >= 0.6 is 0 Å². The number of rotatable bonds is 6. The molecule has 2 atom stereocenters. The number of hydrogen-bond donors (Lipinski definition) is 0. The number of benzene rings is 2. The van der Waals surface area contributed by atoms with Crippen LogP contribution in [0.2, 0.25) is 0 Å². The number of likely N-dealkylation sites (tertiary alicyclic amines) is 1. The second kappa shape index (κ2) is 9.02. The lowest BCUT2D eigenvalue weighted by Gasteiger charge is -2.42. The fourth-order valence-electron chi connectivity index (χ4n) is 5.53. The van der Waals surface area contributed by atoms with Crippen LogP contribution in [0.25, 0.3) is 0 Å². The molecule has 0 aromatic heterocycles. The Labute approximate surface area is 202 Å². The Bertz CT molecular complexity index is 1110. The Balaban J connectivity index is 1.29. The van der Waals surface area contributed by atoms with E-state index in [1.807, 2.05) is 18.0 Å². The van der Waals surface area contributed by atoms with Crippen LogP contribution in [0.3, 0.4) is 0 Å². The second-order valence-corrected chi connectivity index (χ2v) is 9.72. The number of amides is 1. The third-order valence-electron chi connectivity index (χ3n) is 7.39. The Morgan fingerprint density at radius 2 is 2.03 bits per heavy atom. The minimum absolute atomic E-state index is 0.0682. The van der Waals surface area contributed by atoms with Crippen molar-refractivity contribution in [1.29, 1.82) is 0 Å². The molecule has 6 nitrogen and oxygen atoms in total. The Morgan fingerprint density at radius 1 is 1.23 bits per heavy atom. The van der Waals surface area contributed by atoms with Gasteiger partial charge in [-0.25, -0.2) is 13.2 Å². The number of nitrogens with zero attached hydrogens (tertiary/aromatic N) is 2. The minimum Gasteiger partial charge on any atom is -0.495 e. The highest BCUT2D eigenvalue weighted by Gasteiger charge is 2.51. The molecule has 5 rings (SSSR count).